The van der Waals surface area contributed by atoms with Gasteiger partial charge in [0.25, 0.3) is 0 Å². The lowest BCUT2D eigenvalue weighted by Gasteiger charge is -2.25. The van der Waals surface area contributed by atoms with Crippen LogP contribution in [0.2, 0.25) is 0 Å². The molecule has 1 unspecified atom stereocenters. The van der Waals surface area contributed by atoms with Crippen LogP contribution in [0.25, 0.3) is 0 Å². The fourth-order valence-electron chi connectivity index (χ4n) is 1.17. The van der Waals surface area contributed by atoms with Crippen molar-refractivity contribution in [3.05, 3.63) is 0 Å². The van der Waals surface area contributed by atoms with Crippen molar-refractivity contribution in [3.8, 4) is 0 Å². The van der Waals surface area contributed by atoms with E-state index < -0.39 is 0 Å². The van der Waals surface area contributed by atoms with Crippen LogP contribution >= 0.6 is 0 Å². The first-order valence-electron chi connectivity index (χ1n) is 5.66. The number of carbonyl (C=O) groups excluding carboxylic acids is 1. The Bertz CT molecular complexity index is 179. The molecule has 0 heterocycles. The molecule has 0 aliphatic heterocycles. The second kappa shape index (κ2) is 7.65. The van der Waals surface area contributed by atoms with Crippen molar-refractivity contribution >= 4 is 5.91 Å². The average Bonchev–Trinajstić information content (AvgIpc) is 2.24. The summed E-state index contributed by atoms with van der Waals surface area (Å²) in [5.74, 6) is 0.0761. The van der Waals surface area contributed by atoms with E-state index >= 15 is 0 Å². The molecule has 1 amide bonds. The molecule has 0 spiro atoms. The number of aliphatic hydroxyl groups excluding tert-OH is 1. The van der Waals surface area contributed by atoms with Crippen LogP contribution in [0, 0.1) is 5.41 Å². The molecule has 0 saturated heterocycles. The third kappa shape index (κ3) is 6.47. The number of carbonyl (C=O) groups is 1. The van der Waals surface area contributed by atoms with Gasteiger partial charge < -0.3 is 15.7 Å². The standard InChI is InChI=1S/C11H24N2O2/c1-4-11(3,9-14)8-12-7-6-10(15)13-5-2/h12,14H,4-9H2,1-3H3,(H,13,15). The molecule has 0 fully saturated rings. The highest BCUT2D eigenvalue weighted by atomic mass is 16.3. The highest BCUT2D eigenvalue weighted by Crippen LogP contribution is 2.17. The van der Waals surface area contributed by atoms with Gasteiger partial charge in [0.05, 0.1) is 0 Å². The average molecular weight is 216 g/mol. The van der Waals surface area contributed by atoms with Crippen LogP contribution in [0.4, 0.5) is 0 Å². The summed E-state index contributed by atoms with van der Waals surface area (Å²) in [6.07, 6.45) is 1.43. The van der Waals surface area contributed by atoms with Gasteiger partial charge in [0, 0.05) is 38.1 Å². The SMILES string of the molecule is CCNC(=O)CCNCC(C)(CC)CO. The van der Waals surface area contributed by atoms with E-state index in [4.69, 9.17) is 5.11 Å². The summed E-state index contributed by atoms with van der Waals surface area (Å²) in [6, 6.07) is 0. The molecule has 15 heavy (non-hydrogen) atoms. The van der Waals surface area contributed by atoms with Gasteiger partial charge in [-0.15, -0.1) is 0 Å². The van der Waals surface area contributed by atoms with Crippen molar-refractivity contribution < 1.29 is 9.90 Å². The highest BCUT2D eigenvalue weighted by molar-refractivity contribution is 5.75. The number of nitrogens with one attached hydrogen (secondary N) is 2. The van der Waals surface area contributed by atoms with E-state index in [9.17, 15) is 4.79 Å². The van der Waals surface area contributed by atoms with E-state index in [-0.39, 0.29) is 17.9 Å². The second-order valence-electron chi connectivity index (χ2n) is 4.20. The van der Waals surface area contributed by atoms with Crippen molar-refractivity contribution in [1.82, 2.24) is 10.6 Å². The summed E-state index contributed by atoms with van der Waals surface area (Å²) in [5.41, 5.74) is -0.0682. The Labute approximate surface area is 92.4 Å². The van der Waals surface area contributed by atoms with Gasteiger partial charge in [-0.25, -0.2) is 0 Å². The van der Waals surface area contributed by atoms with Gasteiger partial charge in [0.2, 0.25) is 5.91 Å². The molecule has 3 N–H and O–H groups in total. The van der Waals surface area contributed by atoms with Crippen LogP contribution in [0.3, 0.4) is 0 Å². The molecule has 0 aromatic rings. The quantitative estimate of drug-likeness (QED) is 0.518. The summed E-state index contributed by atoms with van der Waals surface area (Å²) in [6.45, 7) is 8.28. The van der Waals surface area contributed by atoms with Crippen molar-refractivity contribution in [1.29, 1.82) is 0 Å². The smallest absolute Gasteiger partial charge is 0.221 e. The molecular weight excluding hydrogens is 192 g/mol. The van der Waals surface area contributed by atoms with E-state index in [0.717, 1.165) is 13.0 Å². The first kappa shape index (κ1) is 14.4. The van der Waals surface area contributed by atoms with E-state index in [2.05, 4.69) is 17.6 Å². The molecule has 0 aliphatic carbocycles. The molecule has 4 heteroatoms. The predicted molar refractivity (Wildman–Crippen MR) is 61.7 cm³/mol. The minimum absolute atomic E-state index is 0.0682. The molecule has 0 bridgehead atoms. The second-order valence-corrected chi connectivity index (χ2v) is 4.20. The molecule has 1 atom stereocenters. The van der Waals surface area contributed by atoms with E-state index in [1.54, 1.807) is 0 Å². The molecule has 4 nitrogen and oxygen atoms in total. The molecule has 0 saturated carbocycles. The first-order chi connectivity index (χ1) is 7.08. The minimum atomic E-state index is -0.0682. The topological polar surface area (TPSA) is 61.4 Å². The van der Waals surface area contributed by atoms with Crippen molar-refractivity contribution in [3.63, 3.8) is 0 Å². The van der Waals surface area contributed by atoms with Crippen LogP contribution in [0.1, 0.15) is 33.6 Å². The maximum Gasteiger partial charge on any atom is 0.221 e. The largest absolute Gasteiger partial charge is 0.396 e. The zero-order valence-electron chi connectivity index (χ0n) is 10.1. The Balaban J connectivity index is 3.57. The molecule has 0 radical (unpaired) electrons. The number of amides is 1. The summed E-state index contributed by atoms with van der Waals surface area (Å²) < 4.78 is 0. The lowest BCUT2D eigenvalue weighted by atomic mass is 9.89. The zero-order chi connectivity index (χ0) is 11.7. The van der Waals surface area contributed by atoms with E-state index in [1.165, 1.54) is 0 Å². The lowest BCUT2D eigenvalue weighted by Crippen LogP contribution is -2.36. The van der Waals surface area contributed by atoms with Gasteiger partial charge in [-0.3, -0.25) is 4.79 Å². The van der Waals surface area contributed by atoms with Gasteiger partial charge >= 0.3 is 0 Å². The van der Waals surface area contributed by atoms with E-state index in [0.29, 0.717) is 19.5 Å². The van der Waals surface area contributed by atoms with Crippen LogP contribution in [0.5, 0.6) is 0 Å². The monoisotopic (exact) mass is 216 g/mol. The number of aliphatic hydroxyl groups is 1. The maximum atomic E-state index is 11.1. The summed E-state index contributed by atoms with van der Waals surface area (Å²) in [4.78, 5) is 11.1. The normalized spacial score (nSPS) is 14.7. The fourth-order valence-corrected chi connectivity index (χ4v) is 1.17. The Morgan fingerprint density at radius 1 is 1.40 bits per heavy atom. The zero-order valence-corrected chi connectivity index (χ0v) is 10.1. The number of hydrogen-bond donors (Lipinski definition) is 3. The molecule has 0 aromatic carbocycles. The van der Waals surface area contributed by atoms with Gasteiger partial charge in [-0.1, -0.05) is 13.8 Å². The Hall–Kier alpha value is -0.610. The summed E-state index contributed by atoms with van der Waals surface area (Å²) in [5, 5.41) is 15.1. The Kier molecular flexibility index (Phi) is 7.34. The fraction of sp³-hybridized carbons (Fsp3) is 0.909. The van der Waals surface area contributed by atoms with Gasteiger partial charge in [0.1, 0.15) is 0 Å². The van der Waals surface area contributed by atoms with Crippen molar-refractivity contribution in [2.45, 2.75) is 33.6 Å². The minimum Gasteiger partial charge on any atom is -0.396 e. The van der Waals surface area contributed by atoms with Crippen LogP contribution in [-0.4, -0.2) is 37.3 Å². The van der Waals surface area contributed by atoms with Gasteiger partial charge in [-0.2, -0.15) is 0 Å². The first-order valence-corrected chi connectivity index (χ1v) is 5.66. The Morgan fingerprint density at radius 2 is 2.07 bits per heavy atom. The number of hydrogen-bond acceptors (Lipinski definition) is 3. The molecule has 0 aromatic heterocycles. The summed E-state index contributed by atoms with van der Waals surface area (Å²) in [7, 11) is 0. The lowest BCUT2D eigenvalue weighted by molar-refractivity contribution is -0.120. The van der Waals surface area contributed by atoms with Crippen LogP contribution < -0.4 is 10.6 Å². The van der Waals surface area contributed by atoms with Crippen LogP contribution in [-0.2, 0) is 4.79 Å². The van der Waals surface area contributed by atoms with Gasteiger partial charge in [-0.05, 0) is 13.3 Å². The highest BCUT2D eigenvalue weighted by Gasteiger charge is 2.19. The third-order valence-electron chi connectivity index (χ3n) is 2.69. The van der Waals surface area contributed by atoms with Crippen molar-refractivity contribution in [2.24, 2.45) is 5.41 Å². The molecule has 0 rings (SSSR count). The van der Waals surface area contributed by atoms with E-state index in [1.807, 2.05) is 13.8 Å². The number of rotatable bonds is 8. The van der Waals surface area contributed by atoms with Crippen LogP contribution in [0.15, 0.2) is 0 Å². The van der Waals surface area contributed by atoms with Crippen molar-refractivity contribution in [2.75, 3.05) is 26.2 Å². The maximum absolute atomic E-state index is 11.1. The van der Waals surface area contributed by atoms with Gasteiger partial charge in [0.15, 0.2) is 0 Å². The predicted octanol–water partition coefficient (Wildman–Crippen LogP) is 0.511. The molecule has 0 aliphatic rings. The summed E-state index contributed by atoms with van der Waals surface area (Å²) >= 11 is 0. The Morgan fingerprint density at radius 3 is 2.53 bits per heavy atom. The third-order valence-corrected chi connectivity index (χ3v) is 2.69. The molecular formula is C11H24N2O2. The molecule has 90 valence electrons.